The number of hydrogen-bond acceptors (Lipinski definition) is 2. The fourth-order valence-corrected chi connectivity index (χ4v) is 1.85. The van der Waals surface area contributed by atoms with Crippen molar-refractivity contribution in [3.8, 4) is 5.69 Å². The van der Waals surface area contributed by atoms with E-state index in [1.807, 2.05) is 25.1 Å². The van der Waals surface area contributed by atoms with Crippen LogP contribution in [0.25, 0.3) is 5.69 Å². The Morgan fingerprint density at radius 2 is 1.93 bits per heavy atom. The number of nitrogens with zero attached hydrogens (tertiary/aromatic N) is 2. The number of halogens is 1. The van der Waals surface area contributed by atoms with Gasteiger partial charge in [-0.05, 0) is 48.1 Å². The number of aromatic nitrogens is 2. The van der Waals surface area contributed by atoms with E-state index in [0.29, 0.717) is 5.82 Å². The molecule has 0 saturated heterocycles. The van der Waals surface area contributed by atoms with Crippen LogP contribution in [0.1, 0.15) is 11.3 Å². The molecule has 4 heteroatoms. The Kier molecular flexibility index (Phi) is 2.68. The molecule has 0 bridgehead atoms. The maximum Gasteiger partial charge on any atom is 0.141 e. The fraction of sp³-hybridized carbons (Fsp3) is 0.182. The predicted octanol–water partition coefficient (Wildman–Crippen LogP) is 2.68. The zero-order chi connectivity index (χ0) is 11.0. The van der Waals surface area contributed by atoms with Crippen LogP contribution in [0, 0.1) is 17.4 Å². The topological polar surface area (TPSA) is 43.8 Å². The van der Waals surface area contributed by atoms with E-state index < -0.39 is 0 Å². The quantitative estimate of drug-likeness (QED) is 0.823. The van der Waals surface area contributed by atoms with Gasteiger partial charge in [0.2, 0.25) is 0 Å². The number of hydrogen-bond donors (Lipinski definition) is 1. The molecule has 2 aromatic rings. The first-order chi connectivity index (χ1) is 7.11. The van der Waals surface area contributed by atoms with Gasteiger partial charge in [0.05, 0.1) is 15.0 Å². The van der Waals surface area contributed by atoms with Crippen molar-refractivity contribution in [3.05, 3.63) is 39.1 Å². The van der Waals surface area contributed by atoms with Crippen LogP contribution in [-0.4, -0.2) is 9.78 Å². The SMILES string of the molecule is Cc1ccccc1-n1nc(C)c(I)c1N. The van der Waals surface area contributed by atoms with E-state index in [1.165, 1.54) is 5.56 Å². The first kappa shape index (κ1) is 10.5. The van der Waals surface area contributed by atoms with Gasteiger partial charge in [-0.1, -0.05) is 18.2 Å². The number of nitrogen functional groups attached to an aromatic ring is 1. The number of aryl methyl sites for hydroxylation is 2. The number of para-hydroxylation sites is 1. The molecule has 0 unspecified atom stereocenters. The molecule has 78 valence electrons. The van der Waals surface area contributed by atoms with Crippen molar-refractivity contribution < 1.29 is 0 Å². The summed E-state index contributed by atoms with van der Waals surface area (Å²) in [6.45, 7) is 4.02. The van der Waals surface area contributed by atoms with E-state index in [9.17, 15) is 0 Å². The van der Waals surface area contributed by atoms with E-state index in [1.54, 1.807) is 4.68 Å². The Bertz CT molecular complexity index is 503. The normalized spacial score (nSPS) is 10.6. The molecule has 2 N–H and O–H groups in total. The Morgan fingerprint density at radius 1 is 1.27 bits per heavy atom. The van der Waals surface area contributed by atoms with Crippen LogP contribution in [-0.2, 0) is 0 Å². The van der Waals surface area contributed by atoms with Crippen LogP contribution in [0.5, 0.6) is 0 Å². The van der Waals surface area contributed by atoms with Crippen molar-refractivity contribution in [2.75, 3.05) is 5.73 Å². The van der Waals surface area contributed by atoms with Crippen molar-refractivity contribution >= 4 is 28.4 Å². The third-order valence-electron chi connectivity index (χ3n) is 2.36. The molecule has 0 saturated carbocycles. The first-order valence-electron chi connectivity index (χ1n) is 4.68. The van der Waals surface area contributed by atoms with Crippen LogP contribution in [0.2, 0.25) is 0 Å². The Balaban J connectivity index is 2.65. The van der Waals surface area contributed by atoms with E-state index in [4.69, 9.17) is 5.73 Å². The van der Waals surface area contributed by atoms with Crippen LogP contribution >= 0.6 is 22.6 Å². The highest BCUT2D eigenvalue weighted by Crippen LogP contribution is 2.23. The minimum absolute atomic E-state index is 0.711. The summed E-state index contributed by atoms with van der Waals surface area (Å²) in [6.07, 6.45) is 0. The van der Waals surface area contributed by atoms with Gasteiger partial charge in [-0.3, -0.25) is 0 Å². The summed E-state index contributed by atoms with van der Waals surface area (Å²) in [4.78, 5) is 0. The highest BCUT2D eigenvalue weighted by Gasteiger charge is 2.11. The van der Waals surface area contributed by atoms with E-state index in [-0.39, 0.29) is 0 Å². The van der Waals surface area contributed by atoms with Gasteiger partial charge >= 0.3 is 0 Å². The van der Waals surface area contributed by atoms with Crippen molar-refractivity contribution in [3.63, 3.8) is 0 Å². The molecule has 15 heavy (non-hydrogen) atoms. The molecular formula is C11H12IN3. The molecule has 0 aliphatic carbocycles. The van der Waals surface area contributed by atoms with Gasteiger partial charge in [-0.2, -0.15) is 5.10 Å². The standard InChI is InChI=1S/C11H12IN3/c1-7-5-3-4-6-9(7)15-11(13)10(12)8(2)14-15/h3-6H,13H2,1-2H3. The zero-order valence-electron chi connectivity index (χ0n) is 8.66. The Labute approximate surface area is 102 Å². The lowest BCUT2D eigenvalue weighted by Crippen LogP contribution is -2.03. The molecular weight excluding hydrogens is 301 g/mol. The molecule has 0 atom stereocenters. The van der Waals surface area contributed by atoms with Crippen LogP contribution < -0.4 is 5.73 Å². The van der Waals surface area contributed by atoms with Crippen molar-refractivity contribution in [2.24, 2.45) is 0 Å². The second-order valence-electron chi connectivity index (χ2n) is 3.48. The molecule has 1 aromatic heterocycles. The Hall–Kier alpha value is -1.04. The first-order valence-corrected chi connectivity index (χ1v) is 5.75. The number of anilines is 1. The van der Waals surface area contributed by atoms with Crippen LogP contribution in [0.15, 0.2) is 24.3 Å². The average Bonchev–Trinajstić information content (AvgIpc) is 2.47. The molecule has 0 radical (unpaired) electrons. The maximum absolute atomic E-state index is 6.00. The minimum atomic E-state index is 0.711. The van der Waals surface area contributed by atoms with Crippen molar-refractivity contribution in [1.82, 2.24) is 9.78 Å². The molecule has 0 fully saturated rings. The van der Waals surface area contributed by atoms with Gasteiger partial charge in [0, 0.05) is 0 Å². The minimum Gasteiger partial charge on any atom is -0.383 e. The highest BCUT2D eigenvalue weighted by atomic mass is 127. The maximum atomic E-state index is 6.00. The van der Waals surface area contributed by atoms with Gasteiger partial charge < -0.3 is 5.73 Å². The lowest BCUT2D eigenvalue weighted by molar-refractivity contribution is 0.865. The molecule has 0 aliphatic heterocycles. The zero-order valence-corrected chi connectivity index (χ0v) is 10.8. The molecule has 1 heterocycles. The Morgan fingerprint density at radius 3 is 2.47 bits per heavy atom. The van der Waals surface area contributed by atoms with E-state index in [0.717, 1.165) is 15.0 Å². The number of rotatable bonds is 1. The van der Waals surface area contributed by atoms with Crippen LogP contribution in [0.4, 0.5) is 5.82 Å². The number of nitrogens with two attached hydrogens (primary N) is 1. The smallest absolute Gasteiger partial charge is 0.141 e. The summed E-state index contributed by atoms with van der Waals surface area (Å²) in [5.41, 5.74) is 9.18. The summed E-state index contributed by atoms with van der Waals surface area (Å²) >= 11 is 2.22. The summed E-state index contributed by atoms with van der Waals surface area (Å²) < 4.78 is 2.82. The monoisotopic (exact) mass is 313 g/mol. The van der Waals surface area contributed by atoms with Gasteiger partial charge in [0.15, 0.2) is 0 Å². The summed E-state index contributed by atoms with van der Waals surface area (Å²) in [6, 6.07) is 8.08. The molecule has 0 aliphatic rings. The highest BCUT2D eigenvalue weighted by molar-refractivity contribution is 14.1. The average molecular weight is 313 g/mol. The lowest BCUT2D eigenvalue weighted by atomic mass is 10.2. The number of benzene rings is 1. The predicted molar refractivity (Wildman–Crippen MR) is 70.2 cm³/mol. The molecule has 3 nitrogen and oxygen atoms in total. The second kappa shape index (κ2) is 3.84. The molecule has 0 amide bonds. The molecule has 0 spiro atoms. The van der Waals surface area contributed by atoms with Crippen molar-refractivity contribution in [1.29, 1.82) is 0 Å². The summed E-state index contributed by atoms with van der Waals surface area (Å²) in [5.74, 6) is 0.711. The largest absolute Gasteiger partial charge is 0.383 e. The van der Waals surface area contributed by atoms with Gasteiger partial charge in [0.25, 0.3) is 0 Å². The van der Waals surface area contributed by atoms with E-state index >= 15 is 0 Å². The van der Waals surface area contributed by atoms with Crippen molar-refractivity contribution in [2.45, 2.75) is 13.8 Å². The van der Waals surface area contributed by atoms with Crippen LogP contribution in [0.3, 0.4) is 0 Å². The molecule has 2 rings (SSSR count). The lowest BCUT2D eigenvalue weighted by Gasteiger charge is -2.06. The van der Waals surface area contributed by atoms with Gasteiger partial charge in [0.1, 0.15) is 5.82 Å². The van der Waals surface area contributed by atoms with Gasteiger partial charge in [-0.25, -0.2) is 4.68 Å². The summed E-state index contributed by atoms with van der Waals surface area (Å²) in [5, 5.41) is 4.42. The van der Waals surface area contributed by atoms with Gasteiger partial charge in [-0.15, -0.1) is 0 Å². The summed E-state index contributed by atoms with van der Waals surface area (Å²) in [7, 11) is 0. The fourth-order valence-electron chi connectivity index (χ4n) is 1.51. The second-order valence-corrected chi connectivity index (χ2v) is 4.56. The third kappa shape index (κ3) is 1.73. The molecule has 1 aromatic carbocycles. The third-order valence-corrected chi connectivity index (χ3v) is 3.70. The van der Waals surface area contributed by atoms with E-state index in [2.05, 4.69) is 40.7 Å².